The summed E-state index contributed by atoms with van der Waals surface area (Å²) in [4.78, 5) is 36.3. The first-order valence-electron chi connectivity index (χ1n) is 11.1. The number of nitrogens with zero attached hydrogens (tertiary/aromatic N) is 3. The van der Waals surface area contributed by atoms with Crippen molar-refractivity contribution in [3.63, 3.8) is 0 Å². The third-order valence-electron chi connectivity index (χ3n) is 6.33. The van der Waals surface area contributed by atoms with Gasteiger partial charge in [-0.2, -0.15) is 4.68 Å². The first kappa shape index (κ1) is 23.0. The Kier molecular flexibility index (Phi) is 6.00. The Bertz CT molecular complexity index is 1040. The molecule has 178 valence electrons. The van der Waals surface area contributed by atoms with Gasteiger partial charge in [0.25, 0.3) is 5.91 Å². The maximum atomic E-state index is 12.7. The van der Waals surface area contributed by atoms with Gasteiger partial charge in [-0.25, -0.2) is 14.7 Å². The number of tetrazole rings is 1. The van der Waals surface area contributed by atoms with E-state index in [0.29, 0.717) is 30.9 Å². The van der Waals surface area contributed by atoms with Crippen molar-refractivity contribution in [2.45, 2.75) is 57.7 Å². The summed E-state index contributed by atoms with van der Waals surface area (Å²) in [5.74, 6) is -0.183. The molecule has 0 radical (unpaired) electrons. The summed E-state index contributed by atoms with van der Waals surface area (Å²) < 4.78 is 12.6. The van der Waals surface area contributed by atoms with Crippen molar-refractivity contribution in [1.29, 1.82) is 0 Å². The zero-order valence-electron chi connectivity index (χ0n) is 19.1. The summed E-state index contributed by atoms with van der Waals surface area (Å²) in [6, 6.07) is 6.59. The van der Waals surface area contributed by atoms with Crippen molar-refractivity contribution in [3.8, 4) is 5.69 Å². The average Bonchev–Trinajstić information content (AvgIpc) is 3.22. The van der Waals surface area contributed by atoms with E-state index in [1.807, 2.05) is 20.8 Å². The smallest absolute Gasteiger partial charge is 0.407 e. The standard InChI is InChI=1S/C22H30N6O5/c1-20(2,3)33-19(31)24-13-22-10-8-21(9-11-22,14-32-22)12-23-17(29)15-4-6-16(7-5-15)28-18(30)25-26-27-28/h4-7H,8-14H2,1-3H3,(H,23,29)(H,24,31)(H,25,27,30). The molecule has 1 aromatic carbocycles. The lowest BCUT2D eigenvalue weighted by Gasteiger charge is -2.53. The maximum absolute atomic E-state index is 12.7. The molecule has 3 N–H and O–H groups in total. The highest BCUT2D eigenvalue weighted by atomic mass is 16.6. The molecular formula is C22H30N6O5. The van der Waals surface area contributed by atoms with E-state index in [0.717, 1.165) is 30.4 Å². The number of hydrogen-bond acceptors (Lipinski definition) is 7. The second kappa shape index (κ2) is 8.62. The fraction of sp³-hybridized carbons (Fsp3) is 0.591. The van der Waals surface area contributed by atoms with Crippen LogP contribution in [0.5, 0.6) is 0 Å². The number of fused-ring (bicyclic) bond motifs is 3. The molecule has 33 heavy (non-hydrogen) atoms. The highest BCUT2D eigenvalue weighted by Crippen LogP contribution is 2.48. The lowest BCUT2D eigenvalue weighted by Crippen LogP contribution is -2.59. The average molecular weight is 459 g/mol. The van der Waals surface area contributed by atoms with Crippen molar-refractivity contribution in [2.24, 2.45) is 5.41 Å². The Balaban J connectivity index is 1.27. The lowest BCUT2D eigenvalue weighted by atomic mass is 9.66. The van der Waals surface area contributed by atoms with E-state index in [9.17, 15) is 14.4 Å². The van der Waals surface area contributed by atoms with E-state index in [1.54, 1.807) is 24.3 Å². The van der Waals surface area contributed by atoms with Crippen LogP contribution in [0.3, 0.4) is 0 Å². The van der Waals surface area contributed by atoms with Gasteiger partial charge in [0.2, 0.25) is 0 Å². The number of ether oxygens (including phenoxy) is 2. The minimum absolute atomic E-state index is 0.0999. The number of H-pyrrole nitrogens is 1. The molecule has 5 rings (SSSR count). The van der Waals surface area contributed by atoms with Gasteiger partial charge in [0.15, 0.2) is 0 Å². The van der Waals surface area contributed by atoms with Crippen molar-refractivity contribution in [3.05, 3.63) is 40.3 Å². The molecular weight excluding hydrogens is 428 g/mol. The minimum atomic E-state index is -0.538. The van der Waals surface area contributed by atoms with Crippen LogP contribution in [0.25, 0.3) is 5.69 Å². The summed E-state index contributed by atoms with van der Waals surface area (Å²) >= 11 is 0. The number of amides is 2. The van der Waals surface area contributed by atoms with Crippen LogP contribution in [0.1, 0.15) is 56.8 Å². The summed E-state index contributed by atoms with van der Waals surface area (Å²) in [5, 5.41) is 15.2. The third kappa shape index (κ3) is 5.24. The summed E-state index contributed by atoms with van der Waals surface area (Å²) in [5.41, 5.74) is -0.431. The molecule has 2 aliphatic heterocycles. The molecule has 0 atom stereocenters. The van der Waals surface area contributed by atoms with Crippen LogP contribution in [0, 0.1) is 5.41 Å². The Morgan fingerprint density at radius 1 is 1.12 bits per heavy atom. The molecule has 2 aromatic rings. The first-order chi connectivity index (χ1) is 15.6. The zero-order valence-corrected chi connectivity index (χ0v) is 19.1. The molecule has 11 nitrogen and oxygen atoms in total. The Labute approximate surface area is 191 Å². The Morgan fingerprint density at radius 3 is 2.36 bits per heavy atom. The number of nitrogens with one attached hydrogen (secondary N) is 3. The van der Waals surface area contributed by atoms with Crippen molar-refractivity contribution < 1.29 is 19.1 Å². The molecule has 11 heteroatoms. The molecule has 2 bridgehead atoms. The van der Waals surface area contributed by atoms with Gasteiger partial charge in [-0.1, -0.05) is 0 Å². The number of carbonyl (C=O) groups is 2. The number of rotatable bonds is 6. The van der Waals surface area contributed by atoms with Crippen LogP contribution < -0.4 is 16.3 Å². The molecule has 2 saturated heterocycles. The second-order valence-electron chi connectivity index (χ2n) is 9.97. The van der Waals surface area contributed by atoms with Gasteiger partial charge in [0, 0.05) is 24.1 Å². The van der Waals surface area contributed by atoms with E-state index in [-0.39, 0.29) is 16.9 Å². The number of carbonyl (C=O) groups excluding carboxylic acids is 2. The number of aromatic amines is 1. The monoisotopic (exact) mass is 458 g/mol. The number of hydrogen-bond donors (Lipinski definition) is 3. The highest BCUT2D eigenvalue weighted by Gasteiger charge is 2.50. The lowest BCUT2D eigenvalue weighted by molar-refractivity contribution is -0.178. The number of alkyl carbamates (subject to hydrolysis) is 1. The van der Waals surface area contributed by atoms with E-state index in [2.05, 4.69) is 26.2 Å². The van der Waals surface area contributed by atoms with Crippen molar-refractivity contribution in [1.82, 2.24) is 30.8 Å². The maximum Gasteiger partial charge on any atom is 0.407 e. The summed E-state index contributed by atoms with van der Waals surface area (Å²) in [6.07, 6.45) is 3.03. The molecule has 1 aromatic heterocycles. The topological polar surface area (TPSA) is 140 Å². The zero-order chi connectivity index (χ0) is 23.7. The van der Waals surface area contributed by atoms with Gasteiger partial charge in [0.1, 0.15) is 5.60 Å². The van der Waals surface area contributed by atoms with Gasteiger partial charge >= 0.3 is 11.8 Å². The van der Waals surface area contributed by atoms with Gasteiger partial charge in [-0.05, 0) is 81.1 Å². The molecule has 1 aliphatic carbocycles. The van der Waals surface area contributed by atoms with Gasteiger partial charge in [0.05, 0.1) is 17.9 Å². The molecule has 3 aliphatic rings. The number of benzene rings is 1. The van der Waals surface area contributed by atoms with Crippen LogP contribution in [-0.4, -0.2) is 63.1 Å². The van der Waals surface area contributed by atoms with Crippen molar-refractivity contribution >= 4 is 12.0 Å². The summed E-state index contributed by atoms with van der Waals surface area (Å²) in [7, 11) is 0. The van der Waals surface area contributed by atoms with E-state index >= 15 is 0 Å². The van der Waals surface area contributed by atoms with Crippen LogP contribution in [0.15, 0.2) is 29.1 Å². The molecule has 1 saturated carbocycles. The van der Waals surface area contributed by atoms with Gasteiger partial charge < -0.3 is 20.1 Å². The Morgan fingerprint density at radius 2 is 1.82 bits per heavy atom. The molecule has 0 spiro atoms. The van der Waals surface area contributed by atoms with Crippen molar-refractivity contribution in [2.75, 3.05) is 19.7 Å². The highest BCUT2D eigenvalue weighted by molar-refractivity contribution is 5.94. The second-order valence-corrected chi connectivity index (χ2v) is 9.97. The summed E-state index contributed by atoms with van der Waals surface area (Å²) in [6.45, 7) is 6.97. The Hall–Kier alpha value is -3.21. The minimum Gasteiger partial charge on any atom is -0.444 e. The fourth-order valence-electron chi connectivity index (χ4n) is 4.32. The number of aromatic nitrogens is 4. The quantitative estimate of drug-likeness (QED) is 0.596. The van der Waals surface area contributed by atoms with E-state index in [4.69, 9.17) is 9.47 Å². The predicted molar refractivity (Wildman–Crippen MR) is 118 cm³/mol. The van der Waals surface area contributed by atoms with E-state index < -0.39 is 17.4 Å². The van der Waals surface area contributed by atoms with Crippen LogP contribution in [0.2, 0.25) is 0 Å². The molecule has 3 heterocycles. The fourth-order valence-corrected chi connectivity index (χ4v) is 4.32. The molecule has 3 fully saturated rings. The van der Waals surface area contributed by atoms with Gasteiger partial charge in [-0.3, -0.25) is 4.79 Å². The normalized spacial score (nSPS) is 24.3. The predicted octanol–water partition coefficient (Wildman–Crippen LogP) is 1.54. The third-order valence-corrected chi connectivity index (χ3v) is 6.33. The SMILES string of the molecule is CC(C)(C)OC(=O)NCC12CCC(CNC(=O)c3ccc(-n4nn[nH]c4=O)cc3)(CC1)CO2. The largest absolute Gasteiger partial charge is 0.444 e. The van der Waals surface area contributed by atoms with Crippen LogP contribution >= 0.6 is 0 Å². The first-order valence-corrected chi connectivity index (χ1v) is 11.1. The van der Waals surface area contributed by atoms with Crippen LogP contribution in [0.4, 0.5) is 4.79 Å². The van der Waals surface area contributed by atoms with Crippen LogP contribution in [-0.2, 0) is 9.47 Å². The molecule has 0 unspecified atom stereocenters. The van der Waals surface area contributed by atoms with E-state index in [1.165, 1.54) is 0 Å². The van der Waals surface area contributed by atoms with Gasteiger partial charge in [-0.15, -0.1) is 0 Å². The molecule has 2 amide bonds.